The summed E-state index contributed by atoms with van der Waals surface area (Å²) in [5.74, 6) is 1.50. The molecule has 4 aromatic carbocycles. The highest BCUT2D eigenvalue weighted by molar-refractivity contribution is 5.66. The van der Waals surface area contributed by atoms with Crippen LogP contribution in [-0.2, 0) is 0 Å². The first-order valence-electron chi connectivity index (χ1n) is 15.5. The van der Waals surface area contributed by atoms with Gasteiger partial charge in [0, 0.05) is 34.8 Å². The third kappa shape index (κ3) is 5.97. The Morgan fingerprint density at radius 2 is 0.850 bits per heavy atom. The van der Waals surface area contributed by atoms with Gasteiger partial charge in [0.15, 0.2) is 0 Å². The first kappa shape index (κ1) is 26.7. The van der Waals surface area contributed by atoms with Crippen LogP contribution < -0.4 is 9.80 Å². The minimum atomic E-state index is 0.530. The van der Waals surface area contributed by atoms with Gasteiger partial charge in [0.25, 0.3) is 0 Å². The van der Waals surface area contributed by atoms with Crippen molar-refractivity contribution < 1.29 is 0 Å². The van der Waals surface area contributed by atoms with E-state index in [4.69, 9.17) is 0 Å². The van der Waals surface area contributed by atoms with Crippen LogP contribution in [0.2, 0.25) is 0 Å². The van der Waals surface area contributed by atoms with Crippen LogP contribution in [0.15, 0.2) is 109 Å². The number of aryl methyl sites for hydroxylation is 1. The van der Waals surface area contributed by atoms with Crippen molar-refractivity contribution in [2.24, 2.45) is 5.92 Å². The van der Waals surface area contributed by atoms with Crippen LogP contribution in [0.3, 0.4) is 0 Å². The summed E-state index contributed by atoms with van der Waals surface area (Å²) in [5, 5.41) is 0. The summed E-state index contributed by atoms with van der Waals surface area (Å²) >= 11 is 0. The zero-order valence-corrected chi connectivity index (χ0v) is 24.3. The molecule has 2 saturated carbocycles. The fourth-order valence-corrected chi connectivity index (χ4v) is 7.10. The Hall–Kier alpha value is -3.52. The molecule has 0 radical (unpaired) electrons. The molecule has 0 heterocycles. The van der Waals surface area contributed by atoms with Gasteiger partial charge in [-0.3, -0.25) is 0 Å². The van der Waals surface area contributed by atoms with Gasteiger partial charge >= 0.3 is 0 Å². The van der Waals surface area contributed by atoms with Crippen molar-refractivity contribution in [3.8, 4) is 0 Å². The van der Waals surface area contributed by atoms with Gasteiger partial charge in [0.1, 0.15) is 0 Å². The standard InChI is InChI=1S/C38H44N2/c1-29-13-21-35(22-14-29)39(33-9-5-3-6-10-33)37-25-17-31(18-26-37)32-19-27-38(28-20-32)40(34-11-7-4-8-12-34)36-23-15-30(2)16-24-36/h3-14,19-22,27-28,30-31,36-37H,15-18,23-26H2,1-2H3. The summed E-state index contributed by atoms with van der Waals surface area (Å²) in [6.45, 7) is 4.58. The summed E-state index contributed by atoms with van der Waals surface area (Å²) < 4.78 is 0. The van der Waals surface area contributed by atoms with Crippen molar-refractivity contribution in [1.29, 1.82) is 0 Å². The molecule has 0 amide bonds. The van der Waals surface area contributed by atoms with Gasteiger partial charge in [-0.1, -0.05) is 73.2 Å². The van der Waals surface area contributed by atoms with Crippen LogP contribution in [-0.4, -0.2) is 12.1 Å². The number of hydrogen-bond acceptors (Lipinski definition) is 2. The Labute approximate surface area is 241 Å². The monoisotopic (exact) mass is 528 g/mol. The maximum Gasteiger partial charge on any atom is 0.0413 e. The summed E-state index contributed by atoms with van der Waals surface area (Å²) in [5.41, 5.74) is 8.10. The molecule has 2 aliphatic rings. The summed E-state index contributed by atoms with van der Waals surface area (Å²) in [4.78, 5) is 5.20. The van der Waals surface area contributed by atoms with Crippen LogP contribution in [0.5, 0.6) is 0 Å². The van der Waals surface area contributed by atoms with E-state index in [-0.39, 0.29) is 0 Å². The molecule has 40 heavy (non-hydrogen) atoms. The Balaban J connectivity index is 1.17. The third-order valence-electron chi connectivity index (χ3n) is 9.44. The molecule has 6 rings (SSSR count). The molecule has 2 nitrogen and oxygen atoms in total. The van der Waals surface area contributed by atoms with Gasteiger partial charge in [0.2, 0.25) is 0 Å². The van der Waals surface area contributed by atoms with Crippen LogP contribution >= 0.6 is 0 Å². The Morgan fingerprint density at radius 3 is 1.32 bits per heavy atom. The van der Waals surface area contributed by atoms with E-state index in [1.165, 1.54) is 85.2 Å². The molecule has 0 aromatic heterocycles. The van der Waals surface area contributed by atoms with E-state index in [0.717, 1.165) is 5.92 Å². The second-order valence-corrected chi connectivity index (χ2v) is 12.3. The Bertz CT molecular complexity index is 1310. The number of benzene rings is 4. The zero-order valence-electron chi connectivity index (χ0n) is 24.3. The van der Waals surface area contributed by atoms with Gasteiger partial charge in [-0.25, -0.2) is 0 Å². The second kappa shape index (κ2) is 12.3. The summed E-state index contributed by atoms with van der Waals surface area (Å²) in [7, 11) is 0. The minimum absolute atomic E-state index is 0.530. The first-order valence-corrected chi connectivity index (χ1v) is 15.5. The number of hydrogen-bond donors (Lipinski definition) is 0. The zero-order chi connectivity index (χ0) is 27.3. The third-order valence-corrected chi connectivity index (χ3v) is 9.44. The normalized spacial score (nSPS) is 22.9. The predicted octanol–water partition coefficient (Wildman–Crippen LogP) is 10.6. The minimum Gasteiger partial charge on any atom is -0.338 e. The molecule has 2 heteroatoms. The highest BCUT2D eigenvalue weighted by Gasteiger charge is 2.29. The van der Waals surface area contributed by atoms with E-state index < -0.39 is 0 Å². The molecular weight excluding hydrogens is 484 g/mol. The van der Waals surface area contributed by atoms with Crippen LogP contribution in [0.25, 0.3) is 0 Å². The maximum absolute atomic E-state index is 2.62. The van der Waals surface area contributed by atoms with Crippen molar-refractivity contribution in [2.45, 2.75) is 83.2 Å². The number of para-hydroxylation sites is 2. The van der Waals surface area contributed by atoms with Crippen molar-refractivity contribution in [3.63, 3.8) is 0 Å². The molecule has 0 N–H and O–H groups in total. The number of nitrogens with zero attached hydrogens (tertiary/aromatic N) is 2. The lowest BCUT2D eigenvalue weighted by Crippen LogP contribution is -2.34. The molecule has 206 valence electrons. The van der Waals surface area contributed by atoms with Gasteiger partial charge in [0.05, 0.1) is 0 Å². The fourth-order valence-electron chi connectivity index (χ4n) is 7.10. The fraction of sp³-hybridized carbons (Fsp3) is 0.368. The lowest BCUT2D eigenvalue weighted by atomic mass is 9.80. The number of rotatable bonds is 7. The molecule has 4 aromatic rings. The van der Waals surface area contributed by atoms with Crippen LogP contribution in [0.4, 0.5) is 22.7 Å². The van der Waals surface area contributed by atoms with Crippen LogP contribution in [0, 0.1) is 12.8 Å². The Kier molecular flexibility index (Phi) is 8.23. The topological polar surface area (TPSA) is 6.48 Å². The van der Waals surface area contributed by atoms with E-state index in [1.807, 2.05) is 0 Å². The Morgan fingerprint density at radius 1 is 0.450 bits per heavy atom. The smallest absolute Gasteiger partial charge is 0.0413 e. The van der Waals surface area contributed by atoms with E-state index in [9.17, 15) is 0 Å². The molecule has 0 saturated heterocycles. The molecule has 0 spiro atoms. The lowest BCUT2D eigenvalue weighted by Gasteiger charge is -2.39. The average molecular weight is 529 g/mol. The van der Waals surface area contributed by atoms with E-state index in [2.05, 4.69) is 133 Å². The molecule has 0 unspecified atom stereocenters. The van der Waals surface area contributed by atoms with Gasteiger partial charge < -0.3 is 9.80 Å². The molecule has 0 atom stereocenters. The van der Waals surface area contributed by atoms with Crippen molar-refractivity contribution >= 4 is 22.7 Å². The van der Waals surface area contributed by atoms with Gasteiger partial charge in [-0.15, -0.1) is 0 Å². The molecule has 2 aliphatic carbocycles. The lowest BCUT2D eigenvalue weighted by molar-refractivity contribution is 0.345. The van der Waals surface area contributed by atoms with Crippen LogP contribution in [0.1, 0.15) is 75.3 Å². The molecule has 2 fully saturated rings. The second-order valence-electron chi connectivity index (χ2n) is 12.3. The molecular formula is C38H44N2. The SMILES string of the molecule is Cc1ccc(N(c2ccccc2)C2CCC(c3ccc(N(c4ccccc4)C4CCC(C)CC4)cc3)CC2)cc1. The van der Waals surface area contributed by atoms with Crippen molar-refractivity contribution in [3.05, 3.63) is 120 Å². The first-order chi connectivity index (χ1) is 19.7. The largest absolute Gasteiger partial charge is 0.338 e. The number of anilines is 4. The average Bonchev–Trinajstić information content (AvgIpc) is 3.01. The summed E-state index contributed by atoms with van der Waals surface area (Å²) in [6.07, 6.45) is 10.1. The van der Waals surface area contributed by atoms with E-state index >= 15 is 0 Å². The highest BCUT2D eigenvalue weighted by Crippen LogP contribution is 2.41. The predicted molar refractivity (Wildman–Crippen MR) is 171 cm³/mol. The van der Waals surface area contributed by atoms with Gasteiger partial charge in [-0.05, 0) is 124 Å². The van der Waals surface area contributed by atoms with E-state index in [1.54, 1.807) is 0 Å². The quantitative estimate of drug-likeness (QED) is 0.235. The van der Waals surface area contributed by atoms with Gasteiger partial charge in [-0.2, -0.15) is 0 Å². The van der Waals surface area contributed by atoms with E-state index in [0.29, 0.717) is 18.0 Å². The highest BCUT2D eigenvalue weighted by atomic mass is 15.2. The summed E-state index contributed by atoms with van der Waals surface area (Å²) in [6, 6.07) is 41.8. The molecule has 0 aliphatic heterocycles. The molecule has 0 bridgehead atoms. The maximum atomic E-state index is 2.62. The van der Waals surface area contributed by atoms with Crippen molar-refractivity contribution in [1.82, 2.24) is 0 Å². The van der Waals surface area contributed by atoms with Crippen molar-refractivity contribution in [2.75, 3.05) is 9.80 Å².